The molecule has 2 aromatic carbocycles. The molecule has 0 bridgehead atoms. The summed E-state index contributed by atoms with van der Waals surface area (Å²) in [5, 5.41) is 0.519. The predicted octanol–water partition coefficient (Wildman–Crippen LogP) is 5.79. The van der Waals surface area contributed by atoms with Crippen molar-refractivity contribution in [2.24, 2.45) is 0 Å². The van der Waals surface area contributed by atoms with E-state index in [1.165, 1.54) is 12.0 Å². The Labute approximate surface area is 166 Å². The molecule has 0 aliphatic heterocycles. The molecule has 2 aromatic rings. The Morgan fingerprint density at radius 1 is 1.11 bits per heavy atom. The first-order chi connectivity index (χ1) is 12.7. The summed E-state index contributed by atoms with van der Waals surface area (Å²) in [4.78, 5) is 14.1. The van der Waals surface area contributed by atoms with Gasteiger partial charge in [-0.25, -0.2) is 4.79 Å². The number of rotatable bonds is 6. The Bertz CT molecular complexity index is 807. The molecule has 5 nitrogen and oxygen atoms in total. The van der Waals surface area contributed by atoms with Gasteiger partial charge in [0.2, 0.25) is 0 Å². The summed E-state index contributed by atoms with van der Waals surface area (Å²) in [7, 11) is 1.07. The number of methoxy groups -OCH3 is 2. The van der Waals surface area contributed by atoms with E-state index < -0.39 is 20.6 Å². The van der Waals surface area contributed by atoms with Crippen LogP contribution in [0.2, 0.25) is 24.7 Å². The summed E-state index contributed by atoms with van der Waals surface area (Å²) in [6.07, 6.45) is -1.01. The van der Waals surface area contributed by atoms with Gasteiger partial charge in [-0.1, -0.05) is 29.8 Å². The number of carbonyl (C=O) groups is 1. The second-order valence-electron chi connectivity index (χ2n) is 7.06. The number of benzene rings is 2. The number of hydrogen-bond donors (Lipinski definition) is 0. The molecule has 0 heterocycles. The molecule has 0 aliphatic rings. The molecule has 146 valence electrons. The average molecular weight is 408 g/mol. The highest BCUT2D eigenvalue weighted by Crippen LogP contribution is 2.36. The number of ether oxygens (including phenoxy) is 2. The molecule has 0 fully saturated rings. The maximum Gasteiger partial charge on any atom is 0.416 e. The molecule has 0 saturated carbocycles. The van der Waals surface area contributed by atoms with Crippen LogP contribution in [0.15, 0.2) is 42.5 Å². The van der Waals surface area contributed by atoms with Gasteiger partial charge in [0.25, 0.3) is 0 Å². The molecule has 0 N–H and O–H groups in total. The number of carbonyl (C=O) groups excluding carboxylic acids is 1. The van der Waals surface area contributed by atoms with Crippen LogP contribution in [0.4, 0.5) is 10.5 Å². The van der Waals surface area contributed by atoms with E-state index in [4.69, 9.17) is 25.5 Å². The van der Waals surface area contributed by atoms with Crippen molar-refractivity contribution in [3.8, 4) is 16.9 Å². The van der Waals surface area contributed by atoms with Gasteiger partial charge in [-0.3, -0.25) is 4.90 Å². The fourth-order valence-corrected chi connectivity index (χ4v) is 4.14. The van der Waals surface area contributed by atoms with E-state index in [9.17, 15) is 4.79 Å². The van der Waals surface area contributed by atoms with Crippen molar-refractivity contribution in [3.63, 3.8) is 0 Å². The number of nitrogens with zero attached hydrogens (tertiary/aromatic N) is 1. The van der Waals surface area contributed by atoms with Crippen LogP contribution in [-0.2, 0) is 9.16 Å². The van der Waals surface area contributed by atoms with Gasteiger partial charge >= 0.3 is 6.09 Å². The predicted molar refractivity (Wildman–Crippen MR) is 112 cm³/mol. The number of halogens is 1. The number of hydrogen-bond acceptors (Lipinski definition) is 4. The summed E-state index contributed by atoms with van der Waals surface area (Å²) >= 11 is 6.26. The second kappa shape index (κ2) is 8.78. The monoisotopic (exact) mass is 407 g/mol. The number of amides is 1. The van der Waals surface area contributed by atoms with Crippen molar-refractivity contribution in [3.05, 3.63) is 47.5 Å². The largest absolute Gasteiger partial charge is 0.497 e. The Kier molecular flexibility index (Phi) is 6.92. The van der Waals surface area contributed by atoms with E-state index in [1.807, 2.05) is 37.3 Å². The molecular weight excluding hydrogens is 382 g/mol. The first-order valence-corrected chi connectivity index (χ1v) is 12.4. The highest BCUT2D eigenvalue weighted by molar-refractivity contribution is 6.69. The van der Waals surface area contributed by atoms with Crippen LogP contribution in [0.3, 0.4) is 0 Å². The van der Waals surface area contributed by atoms with Crippen LogP contribution in [0.25, 0.3) is 11.1 Å². The molecule has 0 saturated heterocycles. The Morgan fingerprint density at radius 3 is 2.41 bits per heavy atom. The van der Waals surface area contributed by atoms with Crippen molar-refractivity contribution in [1.29, 1.82) is 0 Å². The summed E-state index contributed by atoms with van der Waals surface area (Å²) in [6.45, 7) is 8.05. The van der Waals surface area contributed by atoms with Crippen molar-refractivity contribution in [2.45, 2.75) is 32.8 Å². The van der Waals surface area contributed by atoms with Gasteiger partial charge in [0.05, 0.1) is 19.9 Å². The van der Waals surface area contributed by atoms with Gasteiger partial charge in [0.15, 0.2) is 8.32 Å². The lowest BCUT2D eigenvalue weighted by Gasteiger charge is -2.33. The molecule has 0 aromatic heterocycles. The third-order valence-electron chi connectivity index (χ3n) is 3.86. The third-order valence-corrected chi connectivity index (χ3v) is 5.14. The fraction of sp³-hybridized carbons (Fsp3) is 0.350. The van der Waals surface area contributed by atoms with Crippen molar-refractivity contribution < 1.29 is 18.7 Å². The van der Waals surface area contributed by atoms with Crippen LogP contribution < -0.4 is 9.64 Å². The van der Waals surface area contributed by atoms with E-state index in [2.05, 4.69) is 19.6 Å². The van der Waals surface area contributed by atoms with E-state index in [1.54, 1.807) is 19.2 Å². The lowest BCUT2D eigenvalue weighted by Crippen LogP contribution is -2.45. The first-order valence-electron chi connectivity index (χ1n) is 8.65. The van der Waals surface area contributed by atoms with Crippen LogP contribution in [0.5, 0.6) is 5.75 Å². The second-order valence-corrected chi connectivity index (χ2v) is 12.0. The summed E-state index contributed by atoms with van der Waals surface area (Å²) in [5.74, 6) is 0.726. The Hall–Kier alpha value is -2.02. The van der Waals surface area contributed by atoms with E-state index in [0.717, 1.165) is 16.9 Å². The maximum absolute atomic E-state index is 12.6. The molecule has 7 heteroatoms. The van der Waals surface area contributed by atoms with Gasteiger partial charge in [0.1, 0.15) is 12.0 Å². The SMILES string of the molecule is COC(=O)N(c1cc(Cl)ccc1-c1cccc(OC)c1)C(C)O[Si](C)(C)C. The summed E-state index contributed by atoms with van der Waals surface area (Å²) in [6, 6.07) is 13.0. The van der Waals surface area contributed by atoms with Gasteiger partial charge < -0.3 is 13.9 Å². The van der Waals surface area contributed by atoms with Crippen LogP contribution in [0, 0.1) is 0 Å². The highest BCUT2D eigenvalue weighted by atomic mass is 35.5. The molecular formula is C20H26ClNO4Si. The zero-order chi connectivity index (χ0) is 20.2. The van der Waals surface area contributed by atoms with Crippen molar-refractivity contribution in [1.82, 2.24) is 0 Å². The molecule has 0 radical (unpaired) electrons. The molecule has 1 unspecified atom stereocenters. The minimum atomic E-state index is -1.90. The van der Waals surface area contributed by atoms with Crippen molar-refractivity contribution in [2.75, 3.05) is 19.1 Å². The summed E-state index contributed by atoms with van der Waals surface area (Å²) in [5.41, 5.74) is 2.35. The standard InChI is InChI=1S/C20H26ClNO4Si/c1-14(26-27(4,5)6)22(20(23)25-3)19-13-16(21)10-11-18(19)15-8-7-9-17(12-15)24-2/h7-14H,1-6H3. The van der Waals surface area contributed by atoms with E-state index >= 15 is 0 Å². The molecule has 0 spiro atoms. The maximum atomic E-state index is 12.6. The topological polar surface area (TPSA) is 48.0 Å². The Morgan fingerprint density at radius 2 is 1.81 bits per heavy atom. The fourth-order valence-electron chi connectivity index (χ4n) is 2.84. The van der Waals surface area contributed by atoms with Gasteiger partial charge in [-0.2, -0.15) is 0 Å². The zero-order valence-electron chi connectivity index (χ0n) is 16.6. The van der Waals surface area contributed by atoms with Gasteiger partial charge in [-0.05, 0) is 56.4 Å². The first kappa shape index (κ1) is 21.3. The van der Waals surface area contributed by atoms with Crippen LogP contribution >= 0.6 is 11.6 Å². The van der Waals surface area contributed by atoms with Gasteiger partial charge in [0, 0.05) is 10.6 Å². The average Bonchev–Trinajstić information content (AvgIpc) is 2.60. The zero-order valence-corrected chi connectivity index (χ0v) is 18.3. The number of anilines is 1. The van der Waals surface area contributed by atoms with Crippen molar-refractivity contribution >= 4 is 31.7 Å². The third kappa shape index (κ3) is 5.48. The van der Waals surface area contributed by atoms with E-state index in [0.29, 0.717) is 10.7 Å². The molecule has 27 heavy (non-hydrogen) atoms. The highest BCUT2D eigenvalue weighted by Gasteiger charge is 2.30. The van der Waals surface area contributed by atoms with Gasteiger partial charge in [-0.15, -0.1) is 0 Å². The minimum Gasteiger partial charge on any atom is -0.497 e. The molecule has 2 rings (SSSR count). The quantitative estimate of drug-likeness (QED) is 0.449. The molecule has 0 aliphatic carbocycles. The van der Waals surface area contributed by atoms with Crippen LogP contribution in [0.1, 0.15) is 6.92 Å². The Balaban J connectivity index is 2.61. The normalized spacial score (nSPS) is 12.4. The smallest absolute Gasteiger partial charge is 0.416 e. The van der Waals surface area contributed by atoms with E-state index in [-0.39, 0.29) is 0 Å². The van der Waals surface area contributed by atoms with Crippen LogP contribution in [-0.4, -0.2) is 34.9 Å². The lowest BCUT2D eigenvalue weighted by molar-refractivity contribution is 0.151. The minimum absolute atomic E-state index is 0.507. The molecule has 1 amide bonds. The lowest BCUT2D eigenvalue weighted by atomic mass is 10.0. The summed E-state index contributed by atoms with van der Waals surface area (Å²) < 4.78 is 16.5. The molecule has 1 atom stereocenters.